The highest BCUT2D eigenvalue weighted by Gasteiger charge is 2.62. The normalized spacial score (nSPS) is 24.2. The third-order valence-electron chi connectivity index (χ3n) is 6.50. The van der Waals surface area contributed by atoms with Gasteiger partial charge in [0.2, 0.25) is 11.8 Å². The summed E-state index contributed by atoms with van der Waals surface area (Å²) >= 11 is 0. The maximum atomic E-state index is 13.4. The van der Waals surface area contributed by atoms with Crippen molar-refractivity contribution in [1.29, 1.82) is 0 Å². The van der Waals surface area contributed by atoms with Gasteiger partial charge in [-0.05, 0) is 43.4 Å². The quantitative estimate of drug-likeness (QED) is 0.648. The molecule has 2 fully saturated rings. The maximum absolute atomic E-state index is 13.4. The number of nitrogens with one attached hydrogen (secondary N) is 1. The highest BCUT2D eigenvalue weighted by molar-refractivity contribution is 5.91. The van der Waals surface area contributed by atoms with Crippen LogP contribution in [-0.2, 0) is 12.0 Å². The van der Waals surface area contributed by atoms with Gasteiger partial charge in [-0.15, -0.1) is 10.2 Å². The molecular formula is C23H25FN6O2. The Labute approximate surface area is 185 Å². The van der Waals surface area contributed by atoms with E-state index in [1.807, 2.05) is 36.9 Å². The van der Waals surface area contributed by atoms with Gasteiger partial charge in [-0.25, -0.2) is 19.2 Å². The number of carbonyl (C=O) groups excluding carboxylic acids is 1. The second-order valence-corrected chi connectivity index (χ2v) is 8.84. The SMILES string of the molecule is CCc1nnc([C@@]23C[C@@H](C)C[C@@H](C2)N3C(=O)Nc2ccc(C)c(-c3ncc(F)cn3)c2)o1. The number of aryl methyl sites for hydroxylation is 2. The molecule has 1 aliphatic carbocycles. The lowest BCUT2D eigenvalue weighted by atomic mass is 9.64. The van der Waals surface area contributed by atoms with Crippen LogP contribution in [0.25, 0.3) is 11.4 Å². The van der Waals surface area contributed by atoms with Crippen LogP contribution in [0.15, 0.2) is 35.0 Å². The molecule has 5 rings (SSSR count). The van der Waals surface area contributed by atoms with Crippen molar-refractivity contribution in [2.45, 2.75) is 58.0 Å². The third kappa shape index (κ3) is 3.32. The van der Waals surface area contributed by atoms with Crippen LogP contribution in [0.2, 0.25) is 0 Å². The number of hydrogen-bond donors (Lipinski definition) is 1. The van der Waals surface area contributed by atoms with Crippen LogP contribution < -0.4 is 5.32 Å². The molecule has 1 N–H and O–H groups in total. The fraction of sp³-hybridized carbons (Fsp3) is 0.435. The zero-order chi connectivity index (χ0) is 22.5. The first-order chi connectivity index (χ1) is 15.4. The number of likely N-dealkylation sites (tertiary alicyclic amines) is 1. The highest BCUT2D eigenvalue weighted by Crippen LogP contribution is 2.55. The number of rotatable bonds is 4. The van der Waals surface area contributed by atoms with Crippen molar-refractivity contribution >= 4 is 11.7 Å². The van der Waals surface area contributed by atoms with Gasteiger partial charge in [-0.1, -0.05) is 19.9 Å². The summed E-state index contributed by atoms with van der Waals surface area (Å²) in [4.78, 5) is 23.4. The van der Waals surface area contributed by atoms with E-state index >= 15 is 0 Å². The Morgan fingerprint density at radius 3 is 2.78 bits per heavy atom. The van der Waals surface area contributed by atoms with Crippen LogP contribution in [0.1, 0.15) is 50.5 Å². The number of hydrogen-bond acceptors (Lipinski definition) is 6. The molecule has 1 aromatic carbocycles. The van der Waals surface area contributed by atoms with Crippen molar-refractivity contribution in [2.24, 2.45) is 5.92 Å². The van der Waals surface area contributed by atoms with Crippen molar-refractivity contribution in [2.75, 3.05) is 5.32 Å². The number of carbonyl (C=O) groups is 1. The zero-order valence-corrected chi connectivity index (χ0v) is 18.3. The summed E-state index contributed by atoms with van der Waals surface area (Å²) in [5, 5.41) is 11.4. The van der Waals surface area contributed by atoms with Crippen LogP contribution in [0.5, 0.6) is 0 Å². The number of fused-ring (bicyclic) bond motifs is 2. The topological polar surface area (TPSA) is 97.0 Å². The van der Waals surface area contributed by atoms with Gasteiger partial charge in [0.05, 0.1) is 12.4 Å². The predicted octanol–water partition coefficient (Wildman–Crippen LogP) is 4.47. The zero-order valence-electron chi connectivity index (χ0n) is 18.3. The molecule has 0 unspecified atom stereocenters. The molecule has 1 saturated heterocycles. The Kier molecular flexibility index (Phi) is 4.91. The van der Waals surface area contributed by atoms with E-state index in [1.54, 1.807) is 0 Å². The Balaban J connectivity index is 1.42. The number of halogens is 1. The molecule has 166 valence electrons. The summed E-state index contributed by atoms with van der Waals surface area (Å²) < 4.78 is 19.1. The van der Waals surface area contributed by atoms with Crippen LogP contribution in [0.4, 0.5) is 14.9 Å². The Morgan fingerprint density at radius 1 is 1.28 bits per heavy atom. The van der Waals surface area contributed by atoms with E-state index < -0.39 is 11.4 Å². The molecule has 2 amide bonds. The minimum atomic E-state index is -0.555. The molecule has 32 heavy (non-hydrogen) atoms. The molecule has 9 heteroatoms. The molecule has 3 atom stereocenters. The summed E-state index contributed by atoms with van der Waals surface area (Å²) in [6.07, 6.45) is 5.50. The first kappa shape index (κ1) is 20.5. The number of aromatic nitrogens is 4. The van der Waals surface area contributed by atoms with Crippen LogP contribution >= 0.6 is 0 Å². The largest absolute Gasteiger partial charge is 0.423 e. The molecule has 2 aliphatic rings. The van der Waals surface area contributed by atoms with E-state index in [-0.39, 0.29) is 12.1 Å². The number of benzene rings is 1. The summed E-state index contributed by atoms with van der Waals surface area (Å²) in [6, 6.07) is 5.48. The van der Waals surface area contributed by atoms with Crippen molar-refractivity contribution in [3.63, 3.8) is 0 Å². The molecule has 0 spiro atoms. The molecule has 2 aromatic heterocycles. The number of urea groups is 1. The van der Waals surface area contributed by atoms with Gasteiger partial charge in [0.1, 0.15) is 5.54 Å². The minimum Gasteiger partial charge on any atom is -0.423 e. The fourth-order valence-corrected chi connectivity index (χ4v) is 5.11. The lowest BCUT2D eigenvalue weighted by Gasteiger charge is -2.61. The highest BCUT2D eigenvalue weighted by atomic mass is 19.1. The summed E-state index contributed by atoms with van der Waals surface area (Å²) in [5.74, 6) is 1.49. The minimum absolute atomic E-state index is 0.140. The monoisotopic (exact) mass is 436 g/mol. The van der Waals surface area contributed by atoms with Crippen molar-refractivity contribution in [3.8, 4) is 11.4 Å². The lowest BCUT2D eigenvalue weighted by molar-refractivity contribution is -0.110. The Hall–Kier alpha value is -3.36. The van der Waals surface area contributed by atoms with Gasteiger partial charge in [0, 0.05) is 30.1 Å². The number of nitrogens with zero attached hydrogens (tertiary/aromatic N) is 5. The average molecular weight is 436 g/mol. The molecule has 0 radical (unpaired) electrons. The van der Waals surface area contributed by atoms with Crippen molar-refractivity contribution in [1.82, 2.24) is 25.1 Å². The first-order valence-electron chi connectivity index (χ1n) is 10.9. The van der Waals surface area contributed by atoms with E-state index in [0.717, 1.165) is 42.8 Å². The summed E-state index contributed by atoms with van der Waals surface area (Å²) in [5.41, 5.74) is 1.73. The van der Waals surface area contributed by atoms with Crippen molar-refractivity contribution in [3.05, 3.63) is 53.8 Å². The summed E-state index contributed by atoms with van der Waals surface area (Å²) in [6.45, 7) is 6.08. The molecule has 2 bridgehead atoms. The molecule has 3 heterocycles. The van der Waals surface area contributed by atoms with Gasteiger partial charge in [0.15, 0.2) is 11.6 Å². The van der Waals surface area contributed by atoms with Gasteiger partial charge in [0.25, 0.3) is 0 Å². The van der Waals surface area contributed by atoms with Crippen LogP contribution in [0.3, 0.4) is 0 Å². The molecule has 1 saturated carbocycles. The third-order valence-corrected chi connectivity index (χ3v) is 6.50. The maximum Gasteiger partial charge on any atom is 0.323 e. The second kappa shape index (κ2) is 7.65. The van der Waals surface area contributed by atoms with Crippen LogP contribution in [0, 0.1) is 18.7 Å². The lowest BCUT2D eigenvalue weighted by Crippen LogP contribution is -2.70. The van der Waals surface area contributed by atoms with E-state index in [2.05, 4.69) is 32.4 Å². The van der Waals surface area contributed by atoms with E-state index in [0.29, 0.717) is 35.6 Å². The average Bonchev–Trinajstić information content (AvgIpc) is 3.25. The molecular weight excluding hydrogens is 411 g/mol. The molecule has 3 aromatic rings. The van der Waals surface area contributed by atoms with E-state index in [4.69, 9.17) is 4.42 Å². The predicted molar refractivity (Wildman–Crippen MR) is 115 cm³/mol. The molecule has 8 nitrogen and oxygen atoms in total. The van der Waals surface area contributed by atoms with Crippen LogP contribution in [-0.4, -0.2) is 37.1 Å². The standard InChI is InChI=1S/C23H25FN6O2/c1-4-19-28-29-21(32-19)23-9-13(2)7-17(10-23)30(23)22(31)27-16-6-5-14(3)18(8-16)20-25-11-15(24)12-26-20/h5-6,8,11-13,17H,4,7,9-10H2,1-3H3,(H,27,31)/t13-,17-,23+/m0/s1. The Bertz CT molecular complexity index is 1160. The van der Waals surface area contributed by atoms with E-state index in [9.17, 15) is 9.18 Å². The van der Waals surface area contributed by atoms with Gasteiger partial charge >= 0.3 is 6.03 Å². The van der Waals surface area contributed by atoms with Crippen molar-refractivity contribution < 1.29 is 13.6 Å². The van der Waals surface area contributed by atoms with E-state index in [1.165, 1.54) is 0 Å². The fourth-order valence-electron chi connectivity index (χ4n) is 5.11. The number of piperidine rings is 1. The number of anilines is 1. The second-order valence-electron chi connectivity index (χ2n) is 8.84. The first-order valence-corrected chi connectivity index (χ1v) is 10.9. The van der Waals surface area contributed by atoms with Gasteiger partial charge in [-0.3, -0.25) is 0 Å². The van der Waals surface area contributed by atoms with Gasteiger partial charge < -0.3 is 14.6 Å². The summed E-state index contributed by atoms with van der Waals surface area (Å²) in [7, 11) is 0. The molecule has 1 aliphatic heterocycles. The number of amides is 2. The van der Waals surface area contributed by atoms with Gasteiger partial charge in [-0.2, -0.15) is 0 Å². The smallest absolute Gasteiger partial charge is 0.323 e. The Morgan fingerprint density at radius 2 is 2.06 bits per heavy atom.